The van der Waals surface area contributed by atoms with Gasteiger partial charge in [0.25, 0.3) is 0 Å². The number of rotatable bonds is 5. The molecule has 17 heavy (non-hydrogen) atoms. The highest BCUT2D eigenvalue weighted by molar-refractivity contribution is 5.58. The van der Waals surface area contributed by atoms with E-state index < -0.39 is 0 Å². The SMILES string of the molecule is CCc1c(NC)ncnc1NC1(CC)CCC1. The Balaban J connectivity index is 2.25. The molecule has 2 rings (SSSR count). The van der Waals surface area contributed by atoms with Gasteiger partial charge in [0.2, 0.25) is 0 Å². The maximum absolute atomic E-state index is 4.41. The standard InChI is InChI=1S/C13H22N4/c1-4-10-11(14-3)15-9-16-12(10)17-13(5-2)7-6-8-13/h9H,4-8H2,1-3H3,(H2,14,15,16,17). The predicted molar refractivity (Wildman–Crippen MR) is 71.5 cm³/mol. The second kappa shape index (κ2) is 4.90. The quantitative estimate of drug-likeness (QED) is 0.822. The van der Waals surface area contributed by atoms with E-state index in [-0.39, 0.29) is 5.54 Å². The molecule has 1 aliphatic rings. The maximum atomic E-state index is 4.41. The average molecular weight is 234 g/mol. The highest BCUT2D eigenvalue weighted by atomic mass is 15.1. The van der Waals surface area contributed by atoms with Gasteiger partial charge in [0.05, 0.1) is 0 Å². The van der Waals surface area contributed by atoms with Gasteiger partial charge in [-0.2, -0.15) is 0 Å². The lowest BCUT2D eigenvalue weighted by Gasteiger charge is -2.42. The minimum absolute atomic E-state index is 0.281. The Morgan fingerprint density at radius 3 is 2.41 bits per heavy atom. The van der Waals surface area contributed by atoms with E-state index in [1.165, 1.54) is 24.8 Å². The average Bonchev–Trinajstić information content (AvgIpc) is 2.33. The molecule has 0 unspecified atom stereocenters. The van der Waals surface area contributed by atoms with Crippen LogP contribution in [0.15, 0.2) is 6.33 Å². The first-order chi connectivity index (χ1) is 8.24. The van der Waals surface area contributed by atoms with E-state index in [1.54, 1.807) is 6.33 Å². The first kappa shape index (κ1) is 12.1. The van der Waals surface area contributed by atoms with Crippen molar-refractivity contribution in [3.05, 3.63) is 11.9 Å². The molecular weight excluding hydrogens is 212 g/mol. The summed E-state index contributed by atoms with van der Waals surface area (Å²) >= 11 is 0. The van der Waals surface area contributed by atoms with Crippen molar-refractivity contribution in [1.82, 2.24) is 9.97 Å². The van der Waals surface area contributed by atoms with Gasteiger partial charge in [-0.05, 0) is 32.1 Å². The Kier molecular flexibility index (Phi) is 3.50. The van der Waals surface area contributed by atoms with E-state index in [9.17, 15) is 0 Å². The van der Waals surface area contributed by atoms with E-state index >= 15 is 0 Å². The van der Waals surface area contributed by atoms with Gasteiger partial charge in [-0.15, -0.1) is 0 Å². The normalized spacial score (nSPS) is 17.4. The molecule has 1 fully saturated rings. The maximum Gasteiger partial charge on any atom is 0.135 e. The summed E-state index contributed by atoms with van der Waals surface area (Å²) in [6.07, 6.45) is 7.58. The van der Waals surface area contributed by atoms with E-state index in [0.29, 0.717) is 0 Å². The summed E-state index contributed by atoms with van der Waals surface area (Å²) in [5.41, 5.74) is 1.47. The third kappa shape index (κ3) is 2.21. The van der Waals surface area contributed by atoms with Crippen molar-refractivity contribution in [2.75, 3.05) is 17.7 Å². The predicted octanol–water partition coefficient (Wildman–Crippen LogP) is 2.83. The number of anilines is 2. The minimum atomic E-state index is 0.281. The van der Waals surface area contributed by atoms with Crippen LogP contribution in [0.5, 0.6) is 0 Å². The van der Waals surface area contributed by atoms with Crippen LogP contribution in [0.4, 0.5) is 11.6 Å². The van der Waals surface area contributed by atoms with Gasteiger partial charge in [-0.25, -0.2) is 9.97 Å². The van der Waals surface area contributed by atoms with Gasteiger partial charge in [-0.1, -0.05) is 13.8 Å². The van der Waals surface area contributed by atoms with Crippen LogP contribution in [0.2, 0.25) is 0 Å². The van der Waals surface area contributed by atoms with Gasteiger partial charge in [0.1, 0.15) is 18.0 Å². The monoisotopic (exact) mass is 234 g/mol. The molecule has 94 valence electrons. The van der Waals surface area contributed by atoms with Crippen molar-refractivity contribution in [3.63, 3.8) is 0 Å². The Morgan fingerprint density at radius 2 is 1.94 bits per heavy atom. The fourth-order valence-electron chi connectivity index (χ4n) is 2.49. The van der Waals surface area contributed by atoms with E-state index in [1.807, 2.05) is 7.05 Å². The van der Waals surface area contributed by atoms with Crippen molar-refractivity contribution in [3.8, 4) is 0 Å². The highest BCUT2D eigenvalue weighted by Gasteiger charge is 2.35. The Labute approximate surface area is 103 Å². The molecule has 4 nitrogen and oxygen atoms in total. The van der Waals surface area contributed by atoms with Gasteiger partial charge < -0.3 is 10.6 Å². The number of hydrogen-bond donors (Lipinski definition) is 2. The molecule has 0 aromatic carbocycles. The minimum Gasteiger partial charge on any atom is -0.373 e. The molecule has 1 aliphatic carbocycles. The third-order valence-electron chi connectivity index (χ3n) is 3.91. The number of aromatic nitrogens is 2. The summed E-state index contributed by atoms with van der Waals surface area (Å²) in [7, 11) is 1.91. The summed E-state index contributed by atoms with van der Waals surface area (Å²) in [4.78, 5) is 8.68. The topological polar surface area (TPSA) is 49.8 Å². The molecule has 4 heteroatoms. The molecule has 0 atom stereocenters. The molecular formula is C13H22N4. The van der Waals surface area contributed by atoms with Crippen molar-refractivity contribution in [1.29, 1.82) is 0 Å². The van der Waals surface area contributed by atoms with Crippen LogP contribution < -0.4 is 10.6 Å². The molecule has 1 aromatic heterocycles. The van der Waals surface area contributed by atoms with Crippen molar-refractivity contribution in [2.45, 2.75) is 51.5 Å². The van der Waals surface area contributed by atoms with E-state index in [0.717, 1.165) is 24.5 Å². The molecule has 0 aliphatic heterocycles. The van der Waals surface area contributed by atoms with Crippen molar-refractivity contribution >= 4 is 11.6 Å². The van der Waals surface area contributed by atoms with Gasteiger partial charge in [-0.3, -0.25) is 0 Å². The van der Waals surface area contributed by atoms with Crippen LogP contribution in [-0.2, 0) is 6.42 Å². The Morgan fingerprint density at radius 1 is 1.24 bits per heavy atom. The largest absolute Gasteiger partial charge is 0.373 e. The second-order valence-electron chi connectivity index (χ2n) is 4.77. The van der Waals surface area contributed by atoms with Crippen LogP contribution >= 0.6 is 0 Å². The summed E-state index contributed by atoms with van der Waals surface area (Å²) in [5, 5.41) is 6.78. The molecule has 0 spiro atoms. The number of hydrogen-bond acceptors (Lipinski definition) is 4. The van der Waals surface area contributed by atoms with Crippen molar-refractivity contribution < 1.29 is 0 Å². The molecule has 0 amide bonds. The van der Waals surface area contributed by atoms with Crippen LogP contribution in [0.3, 0.4) is 0 Å². The molecule has 1 saturated carbocycles. The van der Waals surface area contributed by atoms with E-state index in [4.69, 9.17) is 0 Å². The van der Waals surface area contributed by atoms with E-state index in [2.05, 4.69) is 34.4 Å². The van der Waals surface area contributed by atoms with Crippen LogP contribution in [-0.4, -0.2) is 22.6 Å². The molecule has 0 radical (unpaired) electrons. The molecule has 2 N–H and O–H groups in total. The highest BCUT2D eigenvalue weighted by Crippen LogP contribution is 2.38. The Bertz CT molecular complexity index is 379. The lowest BCUT2D eigenvalue weighted by Crippen LogP contribution is -2.44. The summed E-state index contributed by atoms with van der Waals surface area (Å²) in [5.74, 6) is 1.95. The fourth-order valence-corrected chi connectivity index (χ4v) is 2.49. The third-order valence-corrected chi connectivity index (χ3v) is 3.91. The summed E-state index contributed by atoms with van der Waals surface area (Å²) in [6.45, 7) is 4.39. The zero-order valence-electron chi connectivity index (χ0n) is 11.0. The number of nitrogens with one attached hydrogen (secondary N) is 2. The lowest BCUT2D eigenvalue weighted by atomic mass is 9.75. The van der Waals surface area contributed by atoms with Crippen LogP contribution in [0, 0.1) is 0 Å². The molecule has 0 saturated heterocycles. The lowest BCUT2D eigenvalue weighted by molar-refractivity contribution is 0.268. The first-order valence-corrected chi connectivity index (χ1v) is 6.54. The van der Waals surface area contributed by atoms with Gasteiger partial charge >= 0.3 is 0 Å². The second-order valence-corrected chi connectivity index (χ2v) is 4.77. The zero-order chi connectivity index (χ0) is 12.3. The molecule has 1 heterocycles. The first-order valence-electron chi connectivity index (χ1n) is 6.54. The zero-order valence-corrected chi connectivity index (χ0v) is 11.0. The fraction of sp³-hybridized carbons (Fsp3) is 0.692. The van der Waals surface area contributed by atoms with Gasteiger partial charge in [0.15, 0.2) is 0 Å². The van der Waals surface area contributed by atoms with Crippen LogP contribution in [0.25, 0.3) is 0 Å². The summed E-state index contributed by atoms with van der Waals surface area (Å²) in [6, 6.07) is 0. The Hall–Kier alpha value is -1.32. The van der Waals surface area contributed by atoms with Crippen molar-refractivity contribution in [2.24, 2.45) is 0 Å². The van der Waals surface area contributed by atoms with Crippen LogP contribution in [0.1, 0.15) is 45.1 Å². The smallest absolute Gasteiger partial charge is 0.135 e. The molecule has 0 bridgehead atoms. The number of nitrogens with zero attached hydrogens (tertiary/aromatic N) is 2. The van der Waals surface area contributed by atoms with Gasteiger partial charge in [0, 0.05) is 18.2 Å². The molecule has 1 aromatic rings. The summed E-state index contributed by atoms with van der Waals surface area (Å²) < 4.78 is 0.